The minimum absolute atomic E-state index is 1.50. The van der Waals surface area contributed by atoms with Gasteiger partial charge in [0.15, 0.2) is 0 Å². The van der Waals surface area contributed by atoms with E-state index in [2.05, 4.69) is 0 Å². The van der Waals surface area contributed by atoms with E-state index in [9.17, 15) is 0 Å². The zero-order valence-electron chi connectivity index (χ0n) is 7.53. The monoisotopic (exact) mass is 288 g/mol. The predicted octanol–water partition coefficient (Wildman–Crippen LogP) is -0.748. The van der Waals surface area contributed by atoms with Crippen LogP contribution in [0.5, 0.6) is 0 Å². The van der Waals surface area contributed by atoms with E-state index >= 15 is 0 Å². The van der Waals surface area contributed by atoms with E-state index in [0.29, 0.717) is 0 Å². The Bertz CT molecular complexity index is 148. The normalized spacial score (nSPS) is 11.8. The van der Waals surface area contributed by atoms with Gasteiger partial charge in [-0.05, 0) is 0 Å². The molecule has 96 valence electrons. The van der Waals surface area contributed by atoms with Crippen LogP contribution in [0.4, 0.5) is 0 Å². The highest BCUT2D eigenvalue weighted by molar-refractivity contribution is 7.31. The van der Waals surface area contributed by atoms with Crippen LogP contribution >= 0.6 is 24.8 Å². The Morgan fingerprint density at radius 1 is 0.533 bits per heavy atom. The summed E-state index contributed by atoms with van der Waals surface area (Å²) in [5, 5.41) is 0. The van der Waals surface area contributed by atoms with Gasteiger partial charge in [0, 0.05) is 0 Å². The van der Waals surface area contributed by atoms with Gasteiger partial charge in [0.2, 0.25) is 0 Å². The maximum Gasteiger partial charge on any atom is 0.314 e. The van der Waals surface area contributed by atoms with E-state index in [1.807, 2.05) is 0 Å². The first-order chi connectivity index (χ1) is 6.70. The SMILES string of the molecule is C1CC1.O=[PH](O)O.O=[PH](O)O.O=[PH](O)O. The van der Waals surface area contributed by atoms with Crippen molar-refractivity contribution in [1.82, 2.24) is 0 Å². The van der Waals surface area contributed by atoms with E-state index in [0.717, 1.165) is 0 Å². The van der Waals surface area contributed by atoms with Gasteiger partial charge < -0.3 is 29.4 Å². The predicted molar refractivity (Wildman–Crippen MR) is 54.2 cm³/mol. The van der Waals surface area contributed by atoms with Crippen LogP contribution in [-0.2, 0) is 13.7 Å². The van der Waals surface area contributed by atoms with Crippen LogP contribution < -0.4 is 0 Å². The number of hydrogen-bond acceptors (Lipinski definition) is 3. The molecular formula is C3H15O9P3. The summed E-state index contributed by atoms with van der Waals surface area (Å²) in [5.74, 6) is 0. The molecule has 0 spiro atoms. The molecule has 0 aliphatic heterocycles. The summed E-state index contributed by atoms with van der Waals surface area (Å²) in [5.41, 5.74) is 0. The van der Waals surface area contributed by atoms with Gasteiger partial charge in [-0.2, -0.15) is 0 Å². The van der Waals surface area contributed by atoms with Crippen molar-refractivity contribution >= 4 is 24.8 Å². The van der Waals surface area contributed by atoms with Crippen molar-refractivity contribution in [2.24, 2.45) is 0 Å². The Hall–Kier alpha value is 0.450. The molecule has 12 heteroatoms. The highest BCUT2D eigenvalue weighted by atomic mass is 31.1. The van der Waals surface area contributed by atoms with Gasteiger partial charge in [-0.15, -0.1) is 0 Å². The lowest BCUT2D eigenvalue weighted by atomic mass is 11.0. The summed E-state index contributed by atoms with van der Waals surface area (Å²) in [6.07, 6.45) is 4.50. The number of rotatable bonds is 0. The molecule has 0 bridgehead atoms. The molecule has 0 aromatic rings. The van der Waals surface area contributed by atoms with Gasteiger partial charge in [-0.1, -0.05) is 19.3 Å². The van der Waals surface area contributed by atoms with Crippen LogP contribution in [0.3, 0.4) is 0 Å². The summed E-state index contributed by atoms with van der Waals surface area (Å²) >= 11 is 0. The van der Waals surface area contributed by atoms with E-state index in [1.165, 1.54) is 19.3 Å². The van der Waals surface area contributed by atoms with Gasteiger partial charge in [0.05, 0.1) is 0 Å². The van der Waals surface area contributed by atoms with E-state index in [1.54, 1.807) is 0 Å². The third-order valence-corrected chi connectivity index (χ3v) is 0.354. The summed E-state index contributed by atoms with van der Waals surface area (Å²) in [7, 11) is -9.39. The molecule has 1 saturated carbocycles. The first kappa shape index (κ1) is 20.8. The highest BCUT2D eigenvalue weighted by Crippen LogP contribution is 2.14. The second-order valence-electron chi connectivity index (χ2n) is 1.91. The molecule has 0 heterocycles. The fourth-order valence-corrected chi connectivity index (χ4v) is 0. The molecule has 0 unspecified atom stereocenters. The molecule has 0 saturated heterocycles. The van der Waals surface area contributed by atoms with Crippen molar-refractivity contribution in [3.8, 4) is 0 Å². The van der Waals surface area contributed by atoms with Crippen LogP contribution in [0.15, 0.2) is 0 Å². The van der Waals surface area contributed by atoms with Crippen molar-refractivity contribution in [3.63, 3.8) is 0 Å². The smallest absolute Gasteiger partial charge is 0.314 e. The summed E-state index contributed by atoms with van der Waals surface area (Å²) in [4.78, 5) is 42.9. The van der Waals surface area contributed by atoms with Gasteiger partial charge >= 0.3 is 24.8 Å². The zero-order chi connectivity index (χ0) is 12.9. The maximum absolute atomic E-state index is 8.74. The van der Waals surface area contributed by atoms with E-state index in [4.69, 9.17) is 43.1 Å². The average molecular weight is 288 g/mol. The van der Waals surface area contributed by atoms with Crippen LogP contribution in [0, 0.1) is 0 Å². The fourth-order valence-electron chi connectivity index (χ4n) is 0. The third kappa shape index (κ3) is 1070. The fraction of sp³-hybridized carbons (Fsp3) is 1.00. The Kier molecular flexibility index (Phi) is 23.4. The van der Waals surface area contributed by atoms with Crippen LogP contribution in [0.2, 0.25) is 0 Å². The molecular weight excluding hydrogens is 273 g/mol. The van der Waals surface area contributed by atoms with Crippen molar-refractivity contribution in [2.75, 3.05) is 0 Å². The number of hydrogen-bond donors (Lipinski definition) is 6. The topological polar surface area (TPSA) is 173 Å². The van der Waals surface area contributed by atoms with Gasteiger partial charge in [-0.25, -0.2) is 0 Å². The molecule has 1 aliphatic carbocycles. The van der Waals surface area contributed by atoms with Crippen molar-refractivity contribution in [1.29, 1.82) is 0 Å². The average Bonchev–Trinajstić information content (AvgIpc) is 2.61. The largest absolute Gasteiger partial charge is 0.326 e. The van der Waals surface area contributed by atoms with Crippen LogP contribution in [0.25, 0.3) is 0 Å². The molecule has 1 rings (SSSR count). The molecule has 1 fully saturated rings. The van der Waals surface area contributed by atoms with E-state index in [-0.39, 0.29) is 0 Å². The molecule has 0 aromatic carbocycles. The Labute approximate surface area is 87.9 Å². The molecule has 6 N–H and O–H groups in total. The molecule has 0 atom stereocenters. The second-order valence-corrected chi connectivity index (χ2v) is 3.60. The van der Waals surface area contributed by atoms with Crippen molar-refractivity contribution < 1.29 is 43.1 Å². The minimum Gasteiger partial charge on any atom is -0.326 e. The first-order valence-electron chi connectivity index (χ1n) is 3.45. The Balaban J connectivity index is -0.000000128. The van der Waals surface area contributed by atoms with Gasteiger partial charge in [0.1, 0.15) is 0 Å². The second kappa shape index (κ2) is 16.9. The Morgan fingerprint density at radius 2 is 0.600 bits per heavy atom. The van der Waals surface area contributed by atoms with Crippen LogP contribution in [-0.4, -0.2) is 29.4 Å². The van der Waals surface area contributed by atoms with Crippen molar-refractivity contribution in [2.45, 2.75) is 19.3 Å². The quantitative estimate of drug-likeness (QED) is 0.313. The van der Waals surface area contributed by atoms with E-state index < -0.39 is 24.8 Å². The molecule has 1 aliphatic rings. The van der Waals surface area contributed by atoms with Gasteiger partial charge in [-0.3, -0.25) is 13.7 Å². The lowest BCUT2D eigenvalue weighted by Crippen LogP contribution is -1.38. The molecule has 0 amide bonds. The summed E-state index contributed by atoms with van der Waals surface area (Å²) < 4.78 is 26.2. The summed E-state index contributed by atoms with van der Waals surface area (Å²) in [6, 6.07) is 0. The third-order valence-electron chi connectivity index (χ3n) is 0.354. The summed E-state index contributed by atoms with van der Waals surface area (Å²) in [6.45, 7) is 0. The first-order valence-corrected chi connectivity index (χ1v) is 7.36. The molecule has 0 aromatic heterocycles. The molecule has 0 radical (unpaired) electrons. The standard InChI is InChI=1S/C3H6.3H3O3P/c1-2-3-1;3*1-4(2)3/h1-3H2;3*4H,(H2,1,2,3). The van der Waals surface area contributed by atoms with Crippen molar-refractivity contribution in [3.05, 3.63) is 0 Å². The molecule has 15 heavy (non-hydrogen) atoms. The van der Waals surface area contributed by atoms with Crippen LogP contribution in [0.1, 0.15) is 19.3 Å². The zero-order valence-corrected chi connectivity index (χ0v) is 10.5. The maximum atomic E-state index is 8.74. The van der Waals surface area contributed by atoms with Gasteiger partial charge in [0.25, 0.3) is 0 Å². The minimum atomic E-state index is -3.13. The highest BCUT2D eigenvalue weighted by Gasteiger charge is 1.95. The Morgan fingerprint density at radius 3 is 0.600 bits per heavy atom. The molecule has 9 nitrogen and oxygen atoms in total. The lowest BCUT2D eigenvalue weighted by Gasteiger charge is -1.61. The lowest BCUT2D eigenvalue weighted by molar-refractivity contribution is 0.403.